The maximum Gasteiger partial charge on any atom is 0.257 e. The maximum atomic E-state index is 12.0. The molecule has 2 heterocycles. The van der Waals surface area contributed by atoms with Gasteiger partial charge in [0.25, 0.3) is 5.91 Å². The van der Waals surface area contributed by atoms with Crippen LogP contribution in [0.3, 0.4) is 0 Å². The fourth-order valence-electron chi connectivity index (χ4n) is 1.73. The third kappa shape index (κ3) is 2.23. The zero-order valence-corrected chi connectivity index (χ0v) is 9.22. The van der Waals surface area contributed by atoms with Crippen LogP contribution in [-0.2, 0) is 4.74 Å². The zero-order valence-electron chi connectivity index (χ0n) is 9.22. The van der Waals surface area contributed by atoms with Crippen molar-refractivity contribution in [3.05, 3.63) is 18.0 Å². The summed E-state index contributed by atoms with van der Waals surface area (Å²) in [6.45, 7) is 3.57. The van der Waals surface area contributed by atoms with Crippen molar-refractivity contribution in [2.75, 3.05) is 19.7 Å². The molecule has 2 rings (SSSR count). The molecular weight excluding hydrogens is 208 g/mol. The topological polar surface area (TPSA) is 84.2 Å². The van der Waals surface area contributed by atoms with Crippen LogP contribution in [-0.4, -0.2) is 52.8 Å². The van der Waals surface area contributed by atoms with Crippen LogP contribution in [0.25, 0.3) is 0 Å². The van der Waals surface area contributed by atoms with Gasteiger partial charge in [-0.25, -0.2) is 0 Å². The van der Waals surface area contributed by atoms with Crippen LogP contribution in [0.4, 0.5) is 0 Å². The Morgan fingerprint density at radius 2 is 2.62 bits per heavy atom. The van der Waals surface area contributed by atoms with Crippen LogP contribution < -0.4 is 5.73 Å². The van der Waals surface area contributed by atoms with Gasteiger partial charge in [0.1, 0.15) is 0 Å². The molecule has 1 aliphatic heterocycles. The second-order valence-electron chi connectivity index (χ2n) is 4.01. The van der Waals surface area contributed by atoms with Gasteiger partial charge < -0.3 is 15.4 Å². The highest BCUT2D eigenvalue weighted by atomic mass is 16.5. The minimum atomic E-state index is -0.0791. The maximum absolute atomic E-state index is 12.0. The van der Waals surface area contributed by atoms with Gasteiger partial charge >= 0.3 is 0 Å². The highest BCUT2D eigenvalue weighted by Gasteiger charge is 2.27. The number of morpholine rings is 1. The van der Waals surface area contributed by atoms with Crippen molar-refractivity contribution in [2.45, 2.75) is 19.1 Å². The summed E-state index contributed by atoms with van der Waals surface area (Å²) in [6.07, 6.45) is 3.04. The lowest BCUT2D eigenvalue weighted by Gasteiger charge is -2.34. The van der Waals surface area contributed by atoms with Crippen molar-refractivity contribution in [1.29, 1.82) is 0 Å². The van der Waals surface area contributed by atoms with Crippen molar-refractivity contribution >= 4 is 5.91 Å². The molecule has 0 radical (unpaired) electrons. The molecule has 2 unspecified atom stereocenters. The lowest BCUT2D eigenvalue weighted by atomic mass is 10.1. The molecule has 0 aromatic carbocycles. The summed E-state index contributed by atoms with van der Waals surface area (Å²) in [5.74, 6) is -0.0253. The van der Waals surface area contributed by atoms with Crippen molar-refractivity contribution in [1.82, 2.24) is 15.1 Å². The third-order valence-electron chi connectivity index (χ3n) is 2.71. The van der Waals surface area contributed by atoms with Gasteiger partial charge in [-0.1, -0.05) is 0 Å². The van der Waals surface area contributed by atoms with Gasteiger partial charge in [0, 0.05) is 25.3 Å². The van der Waals surface area contributed by atoms with Gasteiger partial charge in [0.2, 0.25) is 0 Å². The Morgan fingerprint density at radius 3 is 3.25 bits per heavy atom. The zero-order chi connectivity index (χ0) is 11.5. The van der Waals surface area contributed by atoms with E-state index >= 15 is 0 Å². The first-order chi connectivity index (χ1) is 7.68. The highest BCUT2D eigenvalue weighted by Crippen LogP contribution is 2.11. The summed E-state index contributed by atoms with van der Waals surface area (Å²) in [6, 6.07) is -0.0695. The Hall–Kier alpha value is -1.40. The third-order valence-corrected chi connectivity index (χ3v) is 2.71. The SMILES string of the molecule is CC(N)C1CN(C(=O)c2cn[nH]c2)CCO1. The van der Waals surface area contributed by atoms with E-state index in [1.54, 1.807) is 11.1 Å². The molecule has 88 valence electrons. The van der Waals surface area contributed by atoms with E-state index in [0.717, 1.165) is 0 Å². The Labute approximate surface area is 93.8 Å². The molecular formula is C10H16N4O2. The molecule has 1 aromatic rings. The van der Waals surface area contributed by atoms with Gasteiger partial charge in [-0.05, 0) is 6.92 Å². The van der Waals surface area contributed by atoms with Gasteiger partial charge in [-0.15, -0.1) is 0 Å². The minimum absolute atomic E-state index is 0.0253. The molecule has 1 aliphatic rings. The standard InChI is InChI=1S/C10H16N4O2/c1-7(11)9-6-14(2-3-16-9)10(15)8-4-12-13-5-8/h4-5,7,9H,2-3,6,11H2,1H3,(H,12,13). The predicted octanol–water partition coefficient (Wildman–Crippen LogP) is -0.402. The summed E-state index contributed by atoms with van der Waals surface area (Å²) in [4.78, 5) is 13.8. The number of H-pyrrole nitrogens is 1. The number of nitrogens with one attached hydrogen (secondary N) is 1. The number of carbonyl (C=O) groups is 1. The van der Waals surface area contributed by atoms with Crippen molar-refractivity contribution in [3.63, 3.8) is 0 Å². The van der Waals surface area contributed by atoms with E-state index in [2.05, 4.69) is 10.2 Å². The summed E-state index contributed by atoms with van der Waals surface area (Å²) in [5, 5.41) is 6.39. The summed E-state index contributed by atoms with van der Waals surface area (Å²) in [5.41, 5.74) is 6.34. The Bertz CT molecular complexity index is 350. The molecule has 1 aromatic heterocycles. The lowest BCUT2D eigenvalue weighted by molar-refractivity contribution is -0.0300. The molecule has 1 saturated heterocycles. The lowest BCUT2D eigenvalue weighted by Crippen LogP contribution is -2.51. The second-order valence-corrected chi connectivity index (χ2v) is 4.01. The molecule has 0 bridgehead atoms. The normalized spacial score (nSPS) is 23.1. The van der Waals surface area contributed by atoms with E-state index in [-0.39, 0.29) is 18.1 Å². The minimum Gasteiger partial charge on any atom is -0.373 e. The predicted molar refractivity (Wildman–Crippen MR) is 57.9 cm³/mol. The van der Waals surface area contributed by atoms with Gasteiger partial charge in [-0.3, -0.25) is 9.89 Å². The molecule has 0 spiro atoms. The molecule has 16 heavy (non-hydrogen) atoms. The number of amides is 1. The summed E-state index contributed by atoms with van der Waals surface area (Å²) >= 11 is 0. The van der Waals surface area contributed by atoms with E-state index in [4.69, 9.17) is 10.5 Å². The van der Waals surface area contributed by atoms with Gasteiger partial charge in [0.05, 0.1) is 24.5 Å². The van der Waals surface area contributed by atoms with E-state index in [9.17, 15) is 4.79 Å². The first kappa shape index (κ1) is 11.1. The number of aromatic nitrogens is 2. The average molecular weight is 224 g/mol. The number of hydrogen-bond acceptors (Lipinski definition) is 4. The first-order valence-corrected chi connectivity index (χ1v) is 5.33. The second kappa shape index (κ2) is 4.63. The molecule has 1 fully saturated rings. The Kier molecular flexibility index (Phi) is 3.21. The monoisotopic (exact) mass is 224 g/mol. The number of ether oxygens (including phenoxy) is 1. The van der Waals surface area contributed by atoms with Crippen LogP contribution >= 0.6 is 0 Å². The van der Waals surface area contributed by atoms with Gasteiger partial charge in [-0.2, -0.15) is 5.10 Å². The molecule has 3 N–H and O–H groups in total. The van der Waals surface area contributed by atoms with E-state index < -0.39 is 0 Å². The van der Waals surface area contributed by atoms with Crippen LogP contribution in [0, 0.1) is 0 Å². The van der Waals surface area contributed by atoms with Crippen molar-refractivity contribution in [3.8, 4) is 0 Å². The quantitative estimate of drug-likeness (QED) is 0.715. The Morgan fingerprint density at radius 1 is 1.81 bits per heavy atom. The fraction of sp³-hybridized carbons (Fsp3) is 0.600. The smallest absolute Gasteiger partial charge is 0.257 e. The van der Waals surface area contributed by atoms with Crippen LogP contribution in [0.1, 0.15) is 17.3 Å². The molecule has 1 amide bonds. The van der Waals surface area contributed by atoms with E-state index in [1.165, 1.54) is 6.20 Å². The fourth-order valence-corrected chi connectivity index (χ4v) is 1.73. The number of aromatic amines is 1. The van der Waals surface area contributed by atoms with Crippen LogP contribution in [0.2, 0.25) is 0 Å². The van der Waals surface area contributed by atoms with E-state index in [1.807, 2.05) is 6.92 Å². The van der Waals surface area contributed by atoms with Gasteiger partial charge in [0.15, 0.2) is 0 Å². The number of carbonyl (C=O) groups excluding carboxylic acids is 1. The van der Waals surface area contributed by atoms with E-state index in [0.29, 0.717) is 25.3 Å². The first-order valence-electron chi connectivity index (χ1n) is 5.33. The van der Waals surface area contributed by atoms with Crippen LogP contribution in [0.5, 0.6) is 0 Å². The molecule has 0 aliphatic carbocycles. The molecule has 6 heteroatoms. The average Bonchev–Trinajstić information content (AvgIpc) is 2.81. The molecule has 6 nitrogen and oxygen atoms in total. The molecule has 2 atom stereocenters. The number of hydrogen-bond donors (Lipinski definition) is 2. The Balaban J connectivity index is 2.02. The number of nitrogens with two attached hydrogens (primary N) is 1. The number of nitrogens with zero attached hydrogens (tertiary/aromatic N) is 2. The summed E-state index contributed by atoms with van der Waals surface area (Å²) < 4.78 is 5.49. The highest BCUT2D eigenvalue weighted by molar-refractivity contribution is 5.93. The number of rotatable bonds is 2. The summed E-state index contributed by atoms with van der Waals surface area (Å²) in [7, 11) is 0. The molecule has 0 saturated carbocycles. The van der Waals surface area contributed by atoms with Crippen molar-refractivity contribution < 1.29 is 9.53 Å². The largest absolute Gasteiger partial charge is 0.373 e. The van der Waals surface area contributed by atoms with Crippen LogP contribution in [0.15, 0.2) is 12.4 Å². The van der Waals surface area contributed by atoms with Crippen molar-refractivity contribution in [2.24, 2.45) is 5.73 Å².